The number of rotatable bonds is 6. The zero-order valence-electron chi connectivity index (χ0n) is 13.8. The topological polar surface area (TPSA) is 41.1 Å². The van der Waals surface area contributed by atoms with Crippen molar-refractivity contribution in [1.82, 2.24) is 0 Å². The molecule has 0 heterocycles. The average molecular weight is 331 g/mol. The Bertz CT molecular complexity index is 655. The molecule has 1 amide bonds. The van der Waals surface area contributed by atoms with Crippen molar-refractivity contribution in [3.8, 4) is 0 Å². The van der Waals surface area contributed by atoms with Crippen molar-refractivity contribution in [3.63, 3.8) is 0 Å². The Balaban J connectivity index is 2.05. The van der Waals surface area contributed by atoms with Crippen LogP contribution in [-0.4, -0.2) is 11.9 Å². The number of anilines is 2. The fourth-order valence-corrected chi connectivity index (χ4v) is 2.49. The van der Waals surface area contributed by atoms with Crippen LogP contribution in [-0.2, 0) is 4.79 Å². The normalized spacial score (nSPS) is 13.2. The van der Waals surface area contributed by atoms with Gasteiger partial charge in [0.05, 0.1) is 0 Å². The molecule has 4 heteroatoms. The van der Waals surface area contributed by atoms with Gasteiger partial charge in [-0.15, -0.1) is 0 Å². The summed E-state index contributed by atoms with van der Waals surface area (Å²) in [6.07, 6.45) is 1.03. The number of carbonyl (C=O) groups excluding carboxylic acids is 1. The number of nitrogens with one attached hydrogen (secondary N) is 2. The van der Waals surface area contributed by atoms with Crippen LogP contribution in [0.4, 0.5) is 11.4 Å². The van der Waals surface area contributed by atoms with Crippen LogP contribution in [0.2, 0.25) is 5.02 Å². The van der Waals surface area contributed by atoms with Crippen molar-refractivity contribution in [2.24, 2.45) is 0 Å². The van der Waals surface area contributed by atoms with Crippen LogP contribution in [0.25, 0.3) is 0 Å². The molecule has 2 atom stereocenters. The lowest BCUT2D eigenvalue weighted by Gasteiger charge is -2.19. The number of carbonyl (C=O) groups is 1. The molecule has 0 unspecified atom stereocenters. The van der Waals surface area contributed by atoms with Gasteiger partial charge in [-0.2, -0.15) is 0 Å². The predicted molar refractivity (Wildman–Crippen MR) is 98.3 cm³/mol. The first-order chi connectivity index (χ1) is 11.0. The predicted octanol–water partition coefficient (Wildman–Crippen LogP) is 5.29. The van der Waals surface area contributed by atoms with Crippen LogP contribution in [0.15, 0.2) is 48.5 Å². The zero-order valence-corrected chi connectivity index (χ0v) is 14.5. The molecular weight excluding hydrogens is 308 g/mol. The lowest BCUT2D eigenvalue weighted by molar-refractivity contribution is -0.116. The highest BCUT2D eigenvalue weighted by atomic mass is 35.5. The summed E-state index contributed by atoms with van der Waals surface area (Å²) in [6.45, 7) is 6.16. The van der Waals surface area contributed by atoms with Gasteiger partial charge < -0.3 is 10.6 Å². The van der Waals surface area contributed by atoms with Crippen LogP contribution in [0.3, 0.4) is 0 Å². The zero-order chi connectivity index (χ0) is 16.8. The second kappa shape index (κ2) is 8.02. The lowest BCUT2D eigenvalue weighted by atomic mass is 9.97. The van der Waals surface area contributed by atoms with E-state index in [4.69, 9.17) is 11.6 Å². The largest absolute Gasteiger partial charge is 0.374 e. The SMILES string of the molecule is CC[C@@H](C)c1ccccc1NC(=O)[C@H](C)Nc1ccc(Cl)cc1. The molecule has 0 fully saturated rings. The van der Waals surface area contributed by atoms with Crippen molar-refractivity contribution < 1.29 is 4.79 Å². The summed E-state index contributed by atoms with van der Waals surface area (Å²) in [5.74, 6) is 0.349. The van der Waals surface area contributed by atoms with Crippen LogP contribution < -0.4 is 10.6 Å². The van der Waals surface area contributed by atoms with Gasteiger partial charge in [0.1, 0.15) is 6.04 Å². The Morgan fingerprint density at radius 1 is 1.09 bits per heavy atom. The number of halogens is 1. The van der Waals surface area contributed by atoms with Crippen LogP contribution in [0.5, 0.6) is 0 Å². The molecule has 0 saturated heterocycles. The summed E-state index contributed by atoms with van der Waals surface area (Å²) in [6, 6.07) is 14.9. The Hall–Kier alpha value is -2.00. The van der Waals surface area contributed by atoms with Gasteiger partial charge in [-0.05, 0) is 55.2 Å². The molecule has 0 bridgehead atoms. The highest BCUT2D eigenvalue weighted by molar-refractivity contribution is 6.30. The van der Waals surface area contributed by atoms with Crippen molar-refractivity contribution >= 4 is 28.9 Å². The van der Waals surface area contributed by atoms with Crippen molar-refractivity contribution in [3.05, 3.63) is 59.1 Å². The van der Waals surface area contributed by atoms with E-state index in [0.29, 0.717) is 10.9 Å². The Kier molecular flexibility index (Phi) is 6.05. The minimum Gasteiger partial charge on any atom is -0.374 e. The highest BCUT2D eigenvalue weighted by Gasteiger charge is 2.16. The molecule has 0 aliphatic rings. The molecule has 122 valence electrons. The quantitative estimate of drug-likeness (QED) is 0.755. The van der Waals surface area contributed by atoms with Gasteiger partial charge in [-0.25, -0.2) is 0 Å². The molecule has 0 aliphatic heterocycles. The first-order valence-electron chi connectivity index (χ1n) is 7.93. The fraction of sp³-hybridized carbons (Fsp3) is 0.316. The molecule has 2 aromatic carbocycles. The molecule has 3 nitrogen and oxygen atoms in total. The number of para-hydroxylation sites is 1. The molecule has 0 aromatic heterocycles. The Morgan fingerprint density at radius 2 is 1.74 bits per heavy atom. The Morgan fingerprint density at radius 3 is 2.39 bits per heavy atom. The van der Waals surface area contributed by atoms with Gasteiger partial charge in [0.15, 0.2) is 0 Å². The van der Waals surface area contributed by atoms with E-state index in [-0.39, 0.29) is 11.9 Å². The third-order valence-corrected chi connectivity index (χ3v) is 4.23. The second-order valence-corrected chi connectivity index (χ2v) is 6.20. The van der Waals surface area contributed by atoms with Crippen LogP contribution >= 0.6 is 11.6 Å². The molecule has 0 saturated carbocycles. The molecule has 2 aromatic rings. The van der Waals surface area contributed by atoms with E-state index >= 15 is 0 Å². The summed E-state index contributed by atoms with van der Waals surface area (Å²) < 4.78 is 0. The van der Waals surface area contributed by atoms with Gasteiger partial charge in [-0.3, -0.25) is 4.79 Å². The van der Waals surface area contributed by atoms with Crippen LogP contribution in [0.1, 0.15) is 38.7 Å². The first-order valence-corrected chi connectivity index (χ1v) is 8.31. The minimum atomic E-state index is -0.346. The average Bonchev–Trinajstić information content (AvgIpc) is 2.56. The molecule has 2 N–H and O–H groups in total. The monoisotopic (exact) mass is 330 g/mol. The van der Waals surface area contributed by atoms with E-state index < -0.39 is 0 Å². The van der Waals surface area contributed by atoms with Gasteiger partial charge in [-0.1, -0.05) is 43.6 Å². The third kappa shape index (κ3) is 4.73. The Labute approximate surface area is 143 Å². The van der Waals surface area contributed by atoms with Crippen molar-refractivity contribution in [1.29, 1.82) is 0 Å². The van der Waals surface area contributed by atoms with E-state index in [1.807, 2.05) is 37.3 Å². The van der Waals surface area contributed by atoms with E-state index in [9.17, 15) is 4.79 Å². The van der Waals surface area contributed by atoms with Gasteiger partial charge in [0.2, 0.25) is 5.91 Å². The molecule has 23 heavy (non-hydrogen) atoms. The maximum Gasteiger partial charge on any atom is 0.246 e. The number of hydrogen-bond donors (Lipinski definition) is 2. The lowest BCUT2D eigenvalue weighted by Crippen LogP contribution is -2.32. The van der Waals surface area contributed by atoms with Crippen LogP contribution in [0, 0.1) is 0 Å². The van der Waals surface area contributed by atoms with Crippen molar-refractivity contribution in [2.75, 3.05) is 10.6 Å². The summed E-state index contributed by atoms with van der Waals surface area (Å²) in [7, 11) is 0. The summed E-state index contributed by atoms with van der Waals surface area (Å²) in [5, 5.41) is 6.89. The van der Waals surface area contributed by atoms with E-state index in [2.05, 4.69) is 30.5 Å². The summed E-state index contributed by atoms with van der Waals surface area (Å²) in [4.78, 5) is 12.4. The maximum absolute atomic E-state index is 12.4. The molecule has 0 aliphatic carbocycles. The summed E-state index contributed by atoms with van der Waals surface area (Å²) in [5.41, 5.74) is 2.92. The second-order valence-electron chi connectivity index (χ2n) is 5.76. The first kappa shape index (κ1) is 17.4. The standard InChI is InChI=1S/C19H23ClN2O/c1-4-13(2)17-7-5-6-8-18(17)22-19(23)14(3)21-16-11-9-15(20)10-12-16/h5-14,21H,4H2,1-3H3,(H,22,23)/t13-,14+/m1/s1. The third-order valence-electron chi connectivity index (χ3n) is 3.98. The minimum absolute atomic E-state index is 0.0595. The van der Waals surface area contributed by atoms with Gasteiger partial charge in [0.25, 0.3) is 0 Å². The van der Waals surface area contributed by atoms with Gasteiger partial charge in [0, 0.05) is 16.4 Å². The fourth-order valence-electron chi connectivity index (χ4n) is 2.36. The maximum atomic E-state index is 12.4. The molecule has 2 rings (SSSR count). The smallest absolute Gasteiger partial charge is 0.246 e. The van der Waals surface area contributed by atoms with E-state index in [1.54, 1.807) is 12.1 Å². The molecule has 0 spiro atoms. The van der Waals surface area contributed by atoms with E-state index in [1.165, 1.54) is 5.56 Å². The molecular formula is C19H23ClN2O. The highest BCUT2D eigenvalue weighted by Crippen LogP contribution is 2.26. The summed E-state index contributed by atoms with van der Waals surface area (Å²) >= 11 is 5.87. The number of hydrogen-bond acceptors (Lipinski definition) is 2. The van der Waals surface area contributed by atoms with Crippen molar-refractivity contribution in [2.45, 2.75) is 39.2 Å². The molecule has 0 radical (unpaired) electrons. The number of amides is 1. The number of benzene rings is 2. The van der Waals surface area contributed by atoms with E-state index in [0.717, 1.165) is 17.8 Å². The van der Waals surface area contributed by atoms with Gasteiger partial charge >= 0.3 is 0 Å².